The number of hydrogen-bond donors (Lipinski definition) is 2. The molecular weight excluding hydrogens is 248 g/mol. The van der Waals surface area contributed by atoms with E-state index in [0.29, 0.717) is 12.2 Å². The van der Waals surface area contributed by atoms with Gasteiger partial charge in [-0.1, -0.05) is 19.8 Å². The molecule has 0 saturated carbocycles. The van der Waals surface area contributed by atoms with Crippen LogP contribution in [-0.4, -0.2) is 45.4 Å². The largest absolute Gasteiger partial charge is 0.480 e. The summed E-state index contributed by atoms with van der Waals surface area (Å²) in [7, 11) is 1.73. The number of rotatable bonds is 7. The van der Waals surface area contributed by atoms with Crippen LogP contribution in [0.2, 0.25) is 0 Å². The monoisotopic (exact) mass is 268 g/mol. The quantitative estimate of drug-likeness (QED) is 0.736. The van der Waals surface area contributed by atoms with Crippen molar-refractivity contribution in [2.45, 2.75) is 32.7 Å². The fraction of sp³-hybridized carbons (Fsp3) is 0.583. The predicted molar refractivity (Wildman–Crippen MR) is 71.0 cm³/mol. The van der Waals surface area contributed by atoms with Gasteiger partial charge in [-0.3, -0.25) is 9.48 Å². The third kappa shape index (κ3) is 5.41. The molecule has 1 rings (SSSR count). The number of aromatic nitrogens is 2. The van der Waals surface area contributed by atoms with E-state index in [0.717, 1.165) is 19.3 Å². The molecule has 0 fully saturated rings. The Morgan fingerprint density at radius 2 is 2.21 bits per heavy atom. The van der Waals surface area contributed by atoms with Gasteiger partial charge in [0.1, 0.15) is 6.54 Å². The van der Waals surface area contributed by atoms with Gasteiger partial charge in [-0.05, 0) is 6.42 Å². The molecule has 0 spiro atoms. The van der Waals surface area contributed by atoms with Gasteiger partial charge in [0, 0.05) is 19.8 Å². The summed E-state index contributed by atoms with van der Waals surface area (Å²) in [6.07, 6.45) is 6.09. The first-order valence-electron chi connectivity index (χ1n) is 6.29. The van der Waals surface area contributed by atoms with Crippen molar-refractivity contribution in [3.05, 3.63) is 12.4 Å². The molecule has 1 aromatic heterocycles. The molecule has 0 aliphatic carbocycles. The van der Waals surface area contributed by atoms with E-state index < -0.39 is 5.97 Å². The van der Waals surface area contributed by atoms with Crippen LogP contribution in [0.1, 0.15) is 26.2 Å². The summed E-state index contributed by atoms with van der Waals surface area (Å²) < 4.78 is 1.26. The Morgan fingerprint density at radius 3 is 2.84 bits per heavy atom. The SMILES string of the molecule is CCCCCN(C)C(=O)Nc1cnn(CC(=O)O)c1. The Labute approximate surface area is 112 Å². The Hall–Kier alpha value is -2.05. The zero-order valence-corrected chi connectivity index (χ0v) is 11.3. The van der Waals surface area contributed by atoms with E-state index in [1.807, 2.05) is 0 Å². The lowest BCUT2D eigenvalue weighted by Crippen LogP contribution is -2.32. The molecule has 0 aliphatic rings. The molecule has 2 N–H and O–H groups in total. The summed E-state index contributed by atoms with van der Waals surface area (Å²) in [5, 5.41) is 15.1. The number of carbonyl (C=O) groups excluding carboxylic acids is 1. The van der Waals surface area contributed by atoms with E-state index in [1.165, 1.54) is 17.1 Å². The highest BCUT2D eigenvalue weighted by molar-refractivity contribution is 5.88. The first-order chi connectivity index (χ1) is 9.02. The minimum atomic E-state index is -0.974. The lowest BCUT2D eigenvalue weighted by molar-refractivity contribution is -0.137. The van der Waals surface area contributed by atoms with Crippen LogP contribution in [0.15, 0.2) is 12.4 Å². The van der Waals surface area contributed by atoms with E-state index >= 15 is 0 Å². The van der Waals surface area contributed by atoms with Crippen LogP contribution in [0.3, 0.4) is 0 Å². The lowest BCUT2D eigenvalue weighted by atomic mass is 10.2. The number of carboxylic acid groups (broad SMARTS) is 1. The van der Waals surface area contributed by atoms with E-state index in [-0.39, 0.29) is 12.6 Å². The number of urea groups is 1. The Bertz CT molecular complexity index is 430. The van der Waals surface area contributed by atoms with Gasteiger partial charge in [0.05, 0.1) is 11.9 Å². The molecule has 7 nitrogen and oxygen atoms in total. The average molecular weight is 268 g/mol. The summed E-state index contributed by atoms with van der Waals surface area (Å²) in [6.45, 7) is 2.59. The van der Waals surface area contributed by atoms with Gasteiger partial charge in [-0.15, -0.1) is 0 Å². The number of amides is 2. The van der Waals surface area contributed by atoms with Gasteiger partial charge in [0.2, 0.25) is 0 Å². The molecule has 1 heterocycles. The first-order valence-corrected chi connectivity index (χ1v) is 6.29. The number of nitrogens with one attached hydrogen (secondary N) is 1. The minimum Gasteiger partial charge on any atom is -0.480 e. The molecule has 0 bridgehead atoms. The smallest absolute Gasteiger partial charge is 0.325 e. The maximum Gasteiger partial charge on any atom is 0.325 e. The molecule has 1 aromatic rings. The third-order valence-corrected chi connectivity index (χ3v) is 2.63. The number of anilines is 1. The van der Waals surface area contributed by atoms with Crippen molar-refractivity contribution in [1.82, 2.24) is 14.7 Å². The van der Waals surface area contributed by atoms with Crippen LogP contribution in [0.4, 0.5) is 10.5 Å². The predicted octanol–water partition coefficient (Wildman–Crippen LogP) is 1.62. The second-order valence-electron chi connectivity index (χ2n) is 4.38. The van der Waals surface area contributed by atoms with Gasteiger partial charge in [0.25, 0.3) is 0 Å². The molecule has 106 valence electrons. The van der Waals surface area contributed by atoms with E-state index in [2.05, 4.69) is 17.3 Å². The molecule has 0 radical (unpaired) electrons. The fourth-order valence-electron chi connectivity index (χ4n) is 1.57. The van der Waals surface area contributed by atoms with E-state index in [9.17, 15) is 9.59 Å². The summed E-state index contributed by atoms with van der Waals surface area (Å²) in [5.41, 5.74) is 0.494. The van der Waals surface area contributed by atoms with Crippen molar-refractivity contribution in [3.8, 4) is 0 Å². The van der Waals surface area contributed by atoms with Crippen LogP contribution < -0.4 is 5.32 Å². The number of aliphatic carboxylic acids is 1. The van der Waals surface area contributed by atoms with Crippen molar-refractivity contribution in [2.24, 2.45) is 0 Å². The highest BCUT2D eigenvalue weighted by Gasteiger charge is 2.10. The van der Waals surface area contributed by atoms with Crippen molar-refractivity contribution < 1.29 is 14.7 Å². The van der Waals surface area contributed by atoms with Crippen molar-refractivity contribution in [1.29, 1.82) is 0 Å². The second kappa shape index (κ2) is 7.40. The topological polar surface area (TPSA) is 87.5 Å². The summed E-state index contributed by atoms with van der Waals surface area (Å²) in [4.78, 5) is 23.9. The number of hydrogen-bond acceptors (Lipinski definition) is 3. The molecule has 19 heavy (non-hydrogen) atoms. The highest BCUT2D eigenvalue weighted by Crippen LogP contribution is 2.06. The van der Waals surface area contributed by atoms with Crippen molar-refractivity contribution in [3.63, 3.8) is 0 Å². The maximum absolute atomic E-state index is 11.8. The molecule has 0 aliphatic heterocycles. The van der Waals surface area contributed by atoms with Gasteiger partial charge in [0.15, 0.2) is 0 Å². The lowest BCUT2D eigenvalue weighted by Gasteiger charge is -2.16. The van der Waals surface area contributed by atoms with Crippen molar-refractivity contribution in [2.75, 3.05) is 18.9 Å². The van der Waals surface area contributed by atoms with Crippen LogP contribution in [0, 0.1) is 0 Å². The van der Waals surface area contributed by atoms with Crippen LogP contribution >= 0.6 is 0 Å². The maximum atomic E-state index is 11.8. The fourth-order valence-corrected chi connectivity index (χ4v) is 1.57. The molecule has 0 unspecified atom stereocenters. The van der Waals surface area contributed by atoms with Crippen LogP contribution in [-0.2, 0) is 11.3 Å². The Balaban J connectivity index is 2.43. The Kier molecular flexibility index (Phi) is 5.84. The van der Waals surface area contributed by atoms with Gasteiger partial charge < -0.3 is 15.3 Å². The number of unbranched alkanes of at least 4 members (excludes halogenated alkanes) is 2. The zero-order valence-electron chi connectivity index (χ0n) is 11.3. The highest BCUT2D eigenvalue weighted by atomic mass is 16.4. The molecule has 2 amide bonds. The summed E-state index contributed by atoms with van der Waals surface area (Å²) in [6, 6.07) is -0.217. The summed E-state index contributed by atoms with van der Waals surface area (Å²) >= 11 is 0. The molecular formula is C12H20N4O3. The average Bonchev–Trinajstić information content (AvgIpc) is 2.75. The second-order valence-corrected chi connectivity index (χ2v) is 4.38. The first kappa shape index (κ1) is 15.0. The van der Waals surface area contributed by atoms with E-state index in [1.54, 1.807) is 11.9 Å². The minimum absolute atomic E-state index is 0.217. The number of carbonyl (C=O) groups is 2. The molecule has 7 heteroatoms. The third-order valence-electron chi connectivity index (χ3n) is 2.63. The van der Waals surface area contributed by atoms with Gasteiger partial charge in [-0.25, -0.2) is 4.79 Å². The number of nitrogens with zero attached hydrogens (tertiary/aromatic N) is 3. The van der Waals surface area contributed by atoms with Crippen LogP contribution in [0.5, 0.6) is 0 Å². The molecule has 0 aromatic carbocycles. The van der Waals surface area contributed by atoms with E-state index in [4.69, 9.17) is 5.11 Å². The van der Waals surface area contributed by atoms with Gasteiger partial charge in [-0.2, -0.15) is 5.10 Å². The normalized spacial score (nSPS) is 10.2. The number of carboxylic acids is 1. The Morgan fingerprint density at radius 1 is 1.47 bits per heavy atom. The molecule has 0 saturated heterocycles. The molecule has 0 atom stereocenters. The van der Waals surface area contributed by atoms with Crippen molar-refractivity contribution >= 4 is 17.7 Å². The van der Waals surface area contributed by atoms with Crippen LogP contribution in [0.25, 0.3) is 0 Å². The zero-order chi connectivity index (χ0) is 14.3. The standard InChI is InChI=1S/C12H20N4O3/c1-3-4-5-6-15(2)12(19)14-10-7-13-16(8-10)9-11(17)18/h7-8H,3-6,9H2,1-2H3,(H,14,19)(H,17,18). The summed E-state index contributed by atoms with van der Waals surface area (Å²) in [5.74, 6) is -0.974. The van der Waals surface area contributed by atoms with Gasteiger partial charge >= 0.3 is 12.0 Å².